The first-order valence-corrected chi connectivity index (χ1v) is 7.97. The molecular formula is C14H24ClNO3S. The molecule has 1 atom stereocenters. The van der Waals surface area contributed by atoms with Crippen LogP contribution in [0.5, 0.6) is 0 Å². The van der Waals surface area contributed by atoms with E-state index in [1.54, 1.807) is 11.3 Å². The van der Waals surface area contributed by atoms with Gasteiger partial charge < -0.3 is 14.6 Å². The van der Waals surface area contributed by atoms with Crippen LogP contribution in [0.15, 0.2) is 12.1 Å². The van der Waals surface area contributed by atoms with E-state index >= 15 is 0 Å². The van der Waals surface area contributed by atoms with Crippen molar-refractivity contribution < 1.29 is 14.6 Å². The topological polar surface area (TPSA) is 41.9 Å². The highest BCUT2D eigenvalue weighted by Gasteiger charge is 2.10. The molecule has 1 N–H and O–H groups in total. The van der Waals surface area contributed by atoms with Gasteiger partial charge in [0, 0.05) is 18.0 Å². The van der Waals surface area contributed by atoms with Crippen LogP contribution in [0.4, 0.5) is 0 Å². The molecule has 0 aliphatic carbocycles. The molecule has 1 rings (SSSR count). The van der Waals surface area contributed by atoms with E-state index in [9.17, 15) is 5.11 Å². The van der Waals surface area contributed by atoms with Crippen LogP contribution >= 0.6 is 22.9 Å². The quantitative estimate of drug-likeness (QED) is 0.673. The molecule has 1 unspecified atom stereocenters. The highest BCUT2D eigenvalue weighted by molar-refractivity contribution is 7.16. The average Bonchev–Trinajstić information content (AvgIpc) is 2.73. The van der Waals surface area contributed by atoms with Crippen molar-refractivity contribution in [1.29, 1.82) is 0 Å². The summed E-state index contributed by atoms with van der Waals surface area (Å²) in [6, 6.07) is 3.90. The van der Waals surface area contributed by atoms with Crippen LogP contribution in [0.2, 0.25) is 4.34 Å². The van der Waals surface area contributed by atoms with E-state index in [0.29, 0.717) is 26.4 Å². The summed E-state index contributed by atoms with van der Waals surface area (Å²) >= 11 is 7.45. The lowest BCUT2D eigenvalue weighted by Gasteiger charge is -2.20. The predicted octanol–water partition coefficient (Wildman–Crippen LogP) is 2.64. The van der Waals surface area contributed by atoms with Crippen molar-refractivity contribution in [3.8, 4) is 0 Å². The Labute approximate surface area is 130 Å². The molecule has 0 aromatic carbocycles. The molecule has 1 heterocycles. The number of ether oxygens (including phenoxy) is 2. The van der Waals surface area contributed by atoms with Gasteiger partial charge in [-0.05, 0) is 33.0 Å². The Hall–Kier alpha value is -0.170. The molecule has 1 aromatic heterocycles. The second-order valence-electron chi connectivity index (χ2n) is 5.05. The maximum absolute atomic E-state index is 9.88. The van der Waals surface area contributed by atoms with Crippen molar-refractivity contribution in [1.82, 2.24) is 4.90 Å². The van der Waals surface area contributed by atoms with E-state index in [1.807, 2.05) is 33.0 Å². The zero-order valence-corrected chi connectivity index (χ0v) is 13.9. The van der Waals surface area contributed by atoms with Crippen LogP contribution in [0.25, 0.3) is 0 Å². The van der Waals surface area contributed by atoms with Gasteiger partial charge in [0.2, 0.25) is 0 Å². The third-order valence-electron chi connectivity index (χ3n) is 2.57. The molecule has 0 amide bonds. The molecule has 0 bridgehead atoms. The second kappa shape index (κ2) is 9.71. The molecule has 0 saturated heterocycles. The molecule has 4 nitrogen and oxygen atoms in total. The van der Waals surface area contributed by atoms with E-state index in [-0.39, 0.29) is 6.10 Å². The molecule has 6 heteroatoms. The van der Waals surface area contributed by atoms with E-state index in [1.165, 1.54) is 4.88 Å². The van der Waals surface area contributed by atoms with Gasteiger partial charge in [0.25, 0.3) is 0 Å². The molecule has 0 aliphatic rings. The molecular weight excluding hydrogens is 298 g/mol. The zero-order valence-electron chi connectivity index (χ0n) is 12.3. The number of hydrogen-bond acceptors (Lipinski definition) is 5. The summed E-state index contributed by atoms with van der Waals surface area (Å²) in [5, 5.41) is 9.88. The first-order valence-electron chi connectivity index (χ1n) is 6.77. The van der Waals surface area contributed by atoms with E-state index in [2.05, 4.69) is 4.90 Å². The molecule has 0 fully saturated rings. The van der Waals surface area contributed by atoms with Crippen molar-refractivity contribution >= 4 is 22.9 Å². The Morgan fingerprint density at radius 3 is 2.70 bits per heavy atom. The van der Waals surface area contributed by atoms with Crippen LogP contribution in [0.1, 0.15) is 18.7 Å². The number of rotatable bonds is 10. The van der Waals surface area contributed by atoms with E-state index < -0.39 is 6.10 Å². The normalized spacial score (nSPS) is 13.3. The minimum absolute atomic E-state index is 0.215. The summed E-state index contributed by atoms with van der Waals surface area (Å²) in [6.07, 6.45) is -0.276. The van der Waals surface area contributed by atoms with Gasteiger partial charge in [0.1, 0.15) is 0 Å². The van der Waals surface area contributed by atoms with Gasteiger partial charge >= 0.3 is 0 Å². The summed E-state index contributed by atoms with van der Waals surface area (Å²) < 4.78 is 11.5. The molecule has 0 aliphatic heterocycles. The highest BCUT2D eigenvalue weighted by atomic mass is 35.5. The maximum Gasteiger partial charge on any atom is 0.0931 e. The van der Waals surface area contributed by atoms with E-state index in [4.69, 9.17) is 21.1 Å². The van der Waals surface area contributed by atoms with Crippen LogP contribution in [0.3, 0.4) is 0 Å². The van der Waals surface area contributed by atoms with E-state index in [0.717, 1.165) is 10.9 Å². The fourth-order valence-electron chi connectivity index (χ4n) is 1.74. The number of aliphatic hydroxyl groups is 1. The van der Waals surface area contributed by atoms with Gasteiger partial charge in [-0.25, -0.2) is 0 Å². The summed E-state index contributed by atoms with van der Waals surface area (Å²) in [5.74, 6) is 0. The third kappa shape index (κ3) is 8.19. The van der Waals surface area contributed by atoms with Gasteiger partial charge in [-0.15, -0.1) is 11.3 Å². The highest BCUT2D eigenvalue weighted by Crippen LogP contribution is 2.22. The van der Waals surface area contributed by atoms with Crippen molar-refractivity contribution in [3.05, 3.63) is 21.3 Å². The molecule has 0 radical (unpaired) electrons. The number of thiophene rings is 1. The van der Waals surface area contributed by atoms with Crippen molar-refractivity contribution in [2.45, 2.75) is 32.6 Å². The smallest absolute Gasteiger partial charge is 0.0931 e. The minimum Gasteiger partial charge on any atom is -0.389 e. The van der Waals surface area contributed by atoms with Crippen molar-refractivity contribution in [2.24, 2.45) is 0 Å². The standard InChI is InChI=1S/C14H24ClNO3S/c1-11(2)19-7-6-18-10-12(17)8-16(3)9-13-4-5-14(15)20-13/h4-5,11-12,17H,6-10H2,1-3H3. The summed E-state index contributed by atoms with van der Waals surface area (Å²) in [4.78, 5) is 3.25. The van der Waals surface area contributed by atoms with Gasteiger partial charge in [-0.1, -0.05) is 11.6 Å². The Balaban J connectivity index is 2.10. The molecule has 1 aromatic rings. The van der Waals surface area contributed by atoms with Crippen LogP contribution in [-0.2, 0) is 16.0 Å². The largest absolute Gasteiger partial charge is 0.389 e. The summed E-state index contributed by atoms with van der Waals surface area (Å²) in [6.45, 7) is 6.73. The lowest BCUT2D eigenvalue weighted by Crippen LogP contribution is -2.32. The number of aliphatic hydroxyl groups excluding tert-OH is 1. The Morgan fingerprint density at radius 1 is 1.35 bits per heavy atom. The first kappa shape index (κ1) is 17.9. The lowest BCUT2D eigenvalue weighted by atomic mass is 10.3. The third-order valence-corrected chi connectivity index (χ3v) is 3.78. The van der Waals surface area contributed by atoms with Crippen LogP contribution in [-0.4, -0.2) is 55.6 Å². The van der Waals surface area contributed by atoms with Crippen LogP contribution < -0.4 is 0 Å². The van der Waals surface area contributed by atoms with Gasteiger partial charge in [0.15, 0.2) is 0 Å². The van der Waals surface area contributed by atoms with Gasteiger partial charge in [0.05, 0.1) is 36.4 Å². The predicted molar refractivity (Wildman–Crippen MR) is 83.6 cm³/mol. The van der Waals surface area contributed by atoms with Gasteiger partial charge in [-0.2, -0.15) is 0 Å². The lowest BCUT2D eigenvalue weighted by molar-refractivity contribution is -0.0173. The summed E-state index contributed by atoms with van der Waals surface area (Å²) in [7, 11) is 1.97. The molecule has 20 heavy (non-hydrogen) atoms. The fourth-order valence-corrected chi connectivity index (χ4v) is 2.91. The zero-order chi connectivity index (χ0) is 15.0. The molecule has 0 spiro atoms. The van der Waals surface area contributed by atoms with Crippen LogP contribution in [0, 0.1) is 0 Å². The van der Waals surface area contributed by atoms with Crippen molar-refractivity contribution in [3.63, 3.8) is 0 Å². The number of likely N-dealkylation sites (N-methyl/N-ethyl adjacent to an activating group) is 1. The number of halogens is 1. The van der Waals surface area contributed by atoms with Gasteiger partial charge in [-0.3, -0.25) is 4.90 Å². The fraction of sp³-hybridized carbons (Fsp3) is 0.714. The SMILES string of the molecule is CC(C)OCCOCC(O)CN(C)Cc1ccc(Cl)s1. The molecule has 116 valence electrons. The maximum atomic E-state index is 9.88. The first-order chi connectivity index (χ1) is 9.47. The Bertz CT molecular complexity index is 373. The average molecular weight is 322 g/mol. The number of nitrogens with zero attached hydrogens (tertiary/aromatic N) is 1. The second-order valence-corrected chi connectivity index (χ2v) is 6.85. The molecule has 0 saturated carbocycles. The van der Waals surface area contributed by atoms with Crippen molar-refractivity contribution in [2.75, 3.05) is 33.4 Å². The Morgan fingerprint density at radius 2 is 2.10 bits per heavy atom. The summed E-state index contributed by atoms with van der Waals surface area (Å²) in [5.41, 5.74) is 0. The monoisotopic (exact) mass is 321 g/mol. The minimum atomic E-state index is -0.491. The Kier molecular flexibility index (Phi) is 8.68. The number of hydrogen-bond donors (Lipinski definition) is 1.